The van der Waals surface area contributed by atoms with E-state index >= 15 is 0 Å². The van der Waals surface area contributed by atoms with E-state index in [0.29, 0.717) is 5.92 Å². The molecule has 0 amide bonds. The van der Waals surface area contributed by atoms with E-state index in [1.54, 1.807) is 0 Å². The molecule has 1 heterocycles. The van der Waals surface area contributed by atoms with Crippen LogP contribution >= 0.6 is 0 Å². The number of aryl methyl sites for hydroxylation is 1. The Hall–Kier alpha value is -2.16. The van der Waals surface area contributed by atoms with Crippen molar-refractivity contribution < 1.29 is 0 Å². The number of benzene rings is 2. The number of nitrogens with zero attached hydrogens (tertiary/aromatic N) is 3. The molecule has 3 rings (SSSR count). The minimum atomic E-state index is 0.399. The largest absolute Gasteiger partial charge is 0.220 e. The highest BCUT2D eigenvalue weighted by atomic mass is 15.4. The van der Waals surface area contributed by atoms with Crippen molar-refractivity contribution in [2.75, 3.05) is 0 Å². The fraction of sp³-hybridized carbons (Fsp3) is 0.250. The maximum Gasteiger partial charge on any atom is 0.0857 e. The molecule has 0 aliphatic heterocycles. The van der Waals surface area contributed by atoms with Gasteiger partial charge >= 0.3 is 0 Å². The summed E-state index contributed by atoms with van der Waals surface area (Å²) in [4.78, 5) is 0. The zero-order valence-corrected chi connectivity index (χ0v) is 11.5. The zero-order chi connectivity index (χ0) is 13.4. The van der Waals surface area contributed by atoms with E-state index in [2.05, 4.69) is 67.5 Å². The van der Waals surface area contributed by atoms with Crippen LogP contribution in [0.4, 0.5) is 0 Å². The molecule has 0 aliphatic rings. The molecule has 96 valence electrons. The van der Waals surface area contributed by atoms with E-state index < -0.39 is 0 Å². The van der Waals surface area contributed by atoms with Crippen LogP contribution < -0.4 is 0 Å². The number of aromatic nitrogens is 3. The lowest BCUT2D eigenvalue weighted by Gasteiger charge is -2.04. The van der Waals surface area contributed by atoms with E-state index in [4.69, 9.17) is 0 Å². The normalized spacial score (nSPS) is 11.4. The second-order valence-electron chi connectivity index (χ2n) is 5.28. The summed E-state index contributed by atoms with van der Waals surface area (Å²) in [5, 5.41) is 10.9. The SMILES string of the molecule is Cc1ccc2ccc(-n3cc(C(C)C)nn3)cc2c1. The molecule has 0 radical (unpaired) electrons. The molecule has 0 unspecified atom stereocenters. The molecule has 0 saturated heterocycles. The smallest absolute Gasteiger partial charge is 0.0857 e. The fourth-order valence-corrected chi connectivity index (χ4v) is 2.16. The maximum atomic E-state index is 4.20. The molecule has 3 heteroatoms. The van der Waals surface area contributed by atoms with Gasteiger partial charge in [-0.05, 0) is 35.7 Å². The van der Waals surface area contributed by atoms with Crippen LogP contribution in [-0.2, 0) is 0 Å². The monoisotopic (exact) mass is 251 g/mol. The first-order chi connectivity index (χ1) is 9.13. The van der Waals surface area contributed by atoms with Crippen molar-refractivity contribution in [2.24, 2.45) is 0 Å². The van der Waals surface area contributed by atoms with Gasteiger partial charge < -0.3 is 0 Å². The minimum absolute atomic E-state index is 0.399. The highest BCUT2D eigenvalue weighted by Crippen LogP contribution is 2.20. The Balaban J connectivity index is 2.08. The van der Waals surface area contributed by atoms with Crippen LogP contribution in [0, 0.1) is 6.92 Å². The summed E-state index contributed by atoms with van der Waals surface area (Å²) < 4.78 is 1.84. The van der Waals surface area contributed by atoms with E-state index in [-0.39, 0.29) is 0 Å². The lowest BCUT2D eigenvalue weighted by atomic mass is 10.1. The third-order valence-corrected chi connectivity index (χ3v) is 3.35. The van der Waals surface area contributed by atoms with Gasteiger partial charge in [-0.1, -0.05) is 48.9 Å². The molecule has 0 fully saturated rings. The van der Waals surface area contributed by atoms with Gasteiger partial charge in [-0.2, -0.15) is 0 Å². The first-order valence-electron chi connectivity index (χ1n) is 6.56. The second kappa shape index (κ2) is 4.50. The van der Waals surface area contributed by atoms with Crippen LogP contribution in [0.1, 0.15) is 31.0 Å². The van der Waals surface area contributed by atoms with E-state index in [1.807, 2.05) is 10.9 Å². The molecule has 0 atom stereocenters. The predicted octanol–water partition coefficient (Wildman–Crippen LogP) is 3.85. The van der Waals surface area contributed by atoms with Crippen molar-refractivity contribution in [1.82, 2.24) is 15.0 Å². The highest BCUT2D eigenvalue weighted by molar-refractivity contribution is 5.85. The van der Waals surface area contributed by atoms with Crippen molar-refractivity contribution in [2.45, 2.75) is 26.7 Å². The Labute approximate surface area is 112 Å². The van der Waals surface area contributed by atoms with Gasteiger partial charge in [0.25, 0.3) is 0 Å². The van der Waals surface area contributed by atoms with Crippen LogP contribution in [-0.4, -0.2) is 15.0 Å². The molecule has 2 aromatic carbocycles. The van der Waals surface area contributed by atoms with Crippen molar-refractivity contribution in [3.8, 4) is 5.69 Å². The molecule has 0 spiro atoms. The molecule has 1 aromatic heterocycles. The Bertz CT molecular complexity index is 726. The van der Waals surface area contributed by atoms with Crippen LogP contribution in [0.25, 0.3) is 16.5 Å². The average Bonchev–Trinajstić information content (AvgIpc) is 2.87. The van der Waals surface area contributed by atoms with Crippen LogP contribution in [0.15, 0.2) is 42.6 Å². The molecule has 0 aliphatic carbocycles. The number of hydrogen-bond donors (Lipinski definition) is 0. The van der Waals surface area contributed by atoms with Gasteiger partial charge in [-0.3, -0.25) is 0 Å². The Kier molecular flexibility index (Phi) is 2.82. The summed E-state index contributed by atoms with van der Waals surface area (Å²) in [5.74, 6) is 0.399. The molecule has 0 bridgehead atoms. The summed E-state index contributed by atoms with van der Waals surface area (Å²) >= 11 is 0. The fourth-order valence-electron chi connectivity index (χ4n) is 2.16. The average molecular weight is 251 g/mol. The van der Waals surface area contributed by atoms with Crippen LogP contribution in [0.5, 0.6) is 0 Å². The zero-order valence-electron chi connectivity index (χ0n) is 11.5. The molecule has 19 heavy (non-hydrogen) atoms. The second-order valence-corrected chi connectivity index (χ2v) is 5.28. The third kappa shape index (κ3) is 2.24. The molecule has 0 saturated carbocycles. The summed E-state index contributed by atoms with van der Waals surface area (Å²) in [6.45, 7) is 6.36. The number of fused-ring (bicyclic) bond motifs is 1. The van der Waals surface area contributed by atoms with Gasteiger partial charge in [0.2, 0.25) is 0 Å². The molecular weight excluding hydrogens is 234 g/mol. The van der Waals surface area contributed by atoms with Crippen molar-refractivity contribution >= 4 is 10.8 Å². The third-order valence-electron chi connectivity index (χ3n) is 3.35. The van der Waals surface area contributed by atoms with Gasteiger partial charge in [-0.15, -0.1) is 5.10 Å². The highest BCUT2D eigenvalue weighted by Gasteiger charge is 2.06. The first-order valence-corrected chi connectivity index (χ1v) is 6.56. The summed E-state index contributed by atoms with van der Waals surface area (Å²) in [6.07, 6.45) is 2.00. The lowest BCUT2D eigenvalue weighted by molar-refractivity contribution is 0.776. The van der Waals surface area contributed by atoms with E-state index in [9.17, 15) is 0 Å². The van der Waals surface area contributed by atoms with Crippen LogP contribution in [0.3, 0.4) is 0 Å². The van der Waals surface area contributed by atoms with Gasteiger partial charge in [-0.25, -0.2) is 4.68 Å². The van der Waals surface area contributed by atoms with Crippen molar-refractivity contribution in [3.63, 3.8) is 0 Å². The quantitative estimate of drug-likeness (QED) is 0.692. The summed E-state index contributed by atoms with van der Waals surface area (Å²) in [5.41, 5.74) is 3.34. The molecule has 3 nitrogen and oxygen atoms in total. The van der Waals surface area contributed by atoms with Gasteiger partial charge in [0.05, 0.1) is 17.6 Å². The molecular formula is C16H17N3. The van der Waals surface area contributed by atoms with Crippen LogP contribution in [0.2, 0.25) is 0 Å². The topological polar surface area (TPSA) is 30.7 Å². The first kappa shape index (κ1) is 11.9. The maximum absolute atomic E-state index is 4.20. The van der Waals surface area contributed by atoms with Crippen molar-refractivity contribution in [1.29, 1.82) is 0 Å². The van der Waals surface area contributed by atoms with E-state index in [1.165, 1.54) is 16.3 Å². The van der Waals surface area contributed by atoms with Crippen molar-refractivity contribution in [3.05, 3.63) is 53.9 Å². The summed E-state index contributed by atoms with van der Waals surface area (Å²) in [7, 11) is 0. The Morgan fingerprint density at radius 2 is 1.79 bits per heavy atom. The Morgan fingerprint density at radius 1 is 1.00 bits per heavy atom. The van der Waals surface area contributed by atoms with Gasteiger partial charge in [0.1, 0.15) is 0 Å². The molecule has 3 aromatic rings. The number of rotatable bonds is 2. The van der Waals surface area contributed by atoms with Gasteiger partial charge in [0, 0.05) is 0 Å². The molecule has 0 N–H and O–H groups in total. The Morgan fingerprint density at radius 3 is 2.53 bits per heavy atom. The standard InChI is InChI=1S/C16H17N3/c1-11(2)16-10-19(18-17-16)15-7-6-13-5-4-12(3)8-14(13)9-15/h4-11H,1-3H3. The van der Waals surface area contributed by atoms with E-state index in [0.717, 1.165) is 11.4 Å². The summed E-state index contributed by atoms with van der Waals surface area (Å²) in [6, 6.07) is 12.8. The lowest BCUT2D eigenvalue weighted by Crippen LogP contribution is -1.94. The number of hydrogen-bond acceptors (Lipinski definition) is 2. The minimum Gasteiger partial charge on any atom is -0.220 e. The predicted molar refractivity (Wildman–Crippen MR) is 77.7 cm³/mol. The van der Waals surface area contributed by atoms with Gasteiger partial charge in [0.15, 0.2) is 0 Å².